The Morgan fingerprint density at radius 2 is 1.38 bits per heavy atom. The average molecular weight is 673 g/mol. The maximum absolute atomic E-state index is 12.4. The summed E-state index contributed by atoms with van der Waals surface area (Å²) < 4.78 is 57.0. The molecule has 2 aromatic carbocycles. The largest absolute Gasteiger partial charge is 0.395 e. The molecule has 0 aliphatic carbocycles. The van der Waals surface area contributed by atoms with Crippen molar-refractivity contribution in [3.8, 4) is 0 Å². The molecular formula is C25H39Cl2N5O8S2. The van der Waals surface area contributed by atoms with Crippen molar-refractivity contribution < 1.29 is 36.7 Å². The normalized spacial score (nSPS) is 12.0. The molecule has 2 rings (SSSR count). The third-order valence-electron chi connectivity index (χ3n) is 5.77. The fraction of sp³-hybridized carbons (Fsp3) is 0.520. The van der Waals surface area contributed by atoms with Crippen molar-refractivity contribution in [2.24, 2.45) is 10.2 Å². The number of nitrogens with one attached hydrogen (secondary N) is 1. The zero-order chi connectivity index (χ0) is 31.9. The van der Waals surface area contributed by atoms with Crippen LogP contribution in [0.4, 0.5) is 17.1 Å². The lowest BCUT2D eigenvalue weighted by Gasteiger charge is -2.21. The first-order chi connectivity index (χ1) is 19.7. The first kappa shape index (κ1) is 38.1. The summed E-state index contributed by atoms with van der Waals surface area (Å²) in [6.45, 7) is 9.04. The summed E-state index contributed by atoms with van der Waals surface area (Å²) in [6.07, 6.45) is 0. The van der Waals surface area contributed by atoms with Crippen LogP contribution in [0.25, 0.3) is 0 Å². The molecule has 0 aliphatic rings. The second kappa shape index (κ2) is 18.7. The molecule has 0 fully saturated rings. The summed E-state index contributed by atoms with van der Waals surface area (Å²) in [4.78, 5) is 3.64. The van der Waals surface area contributed by atoms with Crippen molar-refractivity contribution in [2.75, 3.05) is 69.7 Å². The van der Waals surface area contributed by atoms with E-state index in [1.807, 2.05) is 29.8 Å². The lowest BCUT2D eigenvalue weighted by Crippen LogP contribution is -2.32. The molecule has 42 heavy (non-hydrogen) atoms. The first-order valence-electron chi connectivity index (χ1n) is 13.0. The minimum Gasteiger partial charge on any atom is -0.395 e. The predicted octanol–water partition coefficient (Wildman–Crippen LogP) is 2.99. The van der Waals surface area contributed by atoms with Gasteiger partial charge in [0.25, 0.3) is 10.1 Å². The number of rotatable bonds is 16. The molecule has 13 nitrogen and oxygen atoms in total. The second-order valence-corrected chi connectivity index (χ2v) is 12.9. The van der Waals surface area contributed by atoms with Crippen LogP contribution in [-0.2, 0) is 20.1 Å². The minimum atomic E-state index is -4.32. The fourth-order valence-corrected chi connectivity index (χ4v) is 5.92. The van der Waals surface area contributed by atoms with Gasteiger partial charge in [-0.25, -0.2) is 13.1 Å². The molecule has 0 heterocycles. The van der Waals surface area contributed by atoms with Gasteiger partial charge in [-0.3, -0.25) is 9.45 Å². The highest BCUT2D eigenvalue weighted by Gasteiger charge is 2.21. The van der Waals surface area contributed by atoms with Crippen molar-refractivity contribution >= 4 is 60.4 Å². The lowest BCUT2D eigenvalue weighted by molar-refractivity contribution is 0.136. The van der Waals surface area contributed by atoms with Gasteiger partial charge in [-0.2, -0.15) is 13.5 Å². The Kier molecular flexibility index (Phi) is 16.9. The molecule has 0 amide bonds. The van der Waals surface area contributed by atoms with Crippen molar-refractivity contribution in [1.82, 2.24) is 9.62 Å². The first-order valence-corrected chi connectivity index (χ1v) is 16.8. The number of anilines is 1. The third-order valence-corrected chi connectivity index (χ3v) is 8.71. The third kappa shape index (κ3) is 13.2. The Bertz CT molecular complexity index is 1360. The molecule has 0 aromatic heterocycles. The van der Waals surface area contributed by atoms with Gasteiger partial charge in [0.2, 0.25) is 10.0 Å². The highest BCUT2D eigenvalue weighted by Crippen LogP contribution is 2.35. The van der Waals surface area contributed by atoms with E-state index in [2.05, 4.69) is 29.0 Å². The summed E-state index contributed by atoms with van der Waals surface area (Å²) in [5.41, 5.74) is 2.77. The van der Waals surface area contributed by atoms with Crippen LogP contribution < -0.4 is 9.62 Å². The van der Waals surface area contributed by atoms with Gasteiger partial charge >= 0.3 is 0 Å². The number of nitrogens with zero attached hydrogens (tertiary/aromatic N) is 4. The predicted molar refractivity (Wildman–Crippen MR) is 165 cm³/mol. The molecule has 17 heteroatoms. The van der Waals surface area contributed by atoms with Crippen molar-refractivity contribution in [3.63, 3.8) is 0 Å². The summed E-state index contributed by atoms with van der Waals surface area (Å²) in [7, 11) is -8.48. The number of sulfonamides is 1. The van der Waals surface area contributed by atoms with E-state index in [1.165, 1.54) is 6.07 Å². The Morgan fingerprint density at radius 3 is 1.86 bits per heavy atom. The van der Waals surface area contributed by atoms with Gasteiger partial charge in [-0.05, 0) is 56.7 Å². The molecule has 0 atom stereocenters. The van der Waals surface area contributed by atoms with Gasteiger partial charge in [0.15, 0.2) is 0 Å². The fourth-order valence-electron chi connectivity index (χ4n) is 3.59. The molecule has 0 saturated heterocycles. The smallest absolute Gasteiger partial charge is 0.266 e. The van der Waals surface area contributed by atoms with Crippen LogP contribution in [-0.4, -0.2) is 106 Å². The van der Waals surface area contributed by atoms with Crippen LogP contribution >= 0.6 is 23.2 Å². The van der Waals surface area contributed by atoms with Crippen LogP contribution in [0.5, 0.6) is 0 Å². The van der Waals surface area contributed by atoms with Gasteiger partial charge in [0.1, 0.15) is 10.6 Å². The minimum absolute atomic E-state index is 0.00859. The van der Waals surface area contributed by atoms with Crippen LogP contribution in [0.1, 0.15) is 19.4 Å². The number of hydrogen-bond donors (Lipinski definition) is 5. The summed E-state index contributed by atoms with van der Waals surface area (Å²) >= 11 is 12.3. The van der Waals surface area contributed by atoms with Crippen molar-refractivity contribution in [2.45, 2.75) is 25.7 Å². The number of benzene rings is 2. The van der Waals surface area contributed by atoms with Gasteiger partial charge in [-0.15, -0.1) is 5.11 Å². The molecule has 5 N–H and O–H groups in total. The van der Waals surface area contributed by atoms with Gasteiger partial charge in [0, 0.05) is 45.0 Å². The van der Waals surface area contributed by atoms with E-state index in [0.717, 1.165) is 30.4 Å². The average Bonchev–Trinajstić information content (AvgIpc) is 2.90. The molecule has 0 bridgehead atoms. The Hall–Kier alpha value is -1.92. The molecule has 238 valence electrons. The van der Waals surface area contributed by atoms with E-state index in [-0.39, 0.29) is 40.4 Å². The Morgan fingerprint density at radius 1 is 0.833 bits per heavy atom. The van der Waals surface area contributed by atoms with E-state index >= 15 is 0 Å². The van der Waals surface area contributed by atoms with Crippen molar-refractivity contribution in [1.29, 1.82) is 0 Å². The molecule has 2 aromatic rings. The molecule has 0 radical (unpaired) electrons. The molecule has 0 aliphatic heterocycles. The van der Waals surface area contributed by atoms with E-state index in [9.17, 15) is 16.8 Å². The Balaban J connectivity index is 0.000000752. The zero-order valence-corrected chi connectivity index (χ0v) is 26.9. The number of aryl methyl sites for hydroxylation is 1. The number of azo groups is 1. The van der Waals surface area contributed by atoms with Crippen LogP contribution in [0.2, 0.25) is 10.0 Å². The maximum Gasteiger partial charge on any atom is 0.266 e. The zero-order valence-electron chi connectivity index (χ0n) is 23.7. The van der Waals surface area contributed by atoms with Gasteiger partial charge in [-0.1, -0.05) is 23.2 Å². The van der Waals surface area contributed by atoms with E-state index in [4.69, 9.17) is 43.1 Å². The van der Waals surface area contributed by atoms with Gasteiger partial charge < -0.3 is 20.2 Å². The number of aliphatic hydroxyl groups is 3. The standard InChI is InChI=1S/C19H24Cl2N4O5S2.C6H15NO3/c1-4-25(5-2)14-6-7-17(13(3)10-14)23-24-18-11-16(21)19(12-15(18)20)32(29,30)22-8-9-31(26,27)28;8-4-1-7(2-5-9)3-6-10/h6-7,10-12,22H,4-5,8-9H2,1-3H3,(H,26,27,28);8-10H,1-6H2. The number of halogens is 2. The van der Waals surface area contributed by atoms with Gasteiger partial charge in [0.05, 0.1) is 41.3 Å². The Labute approximate surface area is 257 Å². The highest BCUT2D eigenvalue weighted by atomic mass is 35.5. The quantitative estimate of drug-likeness (QED) is 0.131. The molecule has 0 unspecified atom stereocenters. The van der Waals surface area contributed by atoms with Crippen LogP contribution in [0.3, 0.4) is 0 Å². The molecular weight excluding hydrogens is 633 g/mol. The summed E-state index contributed by atoms with van der Waals surface area (Å²) in [5, 5.41) is 33.6. The summed E-state index contributed by atoms with van der Waals surface area (Å²) in [6, 6.07) is 8.13. The topological polar surface area (TPSA) is 192 Å². The van der Waals surface area contributed by atoms with E-state index < -0.39 is 32.4 Å². The van der Waals surface area contributed by atoms with E-state index in [1.54, 1.807) is 4.90 Å². The lowest BCUT2D eigenvalue weighted by atomic mass is 10.1. The van der Waals surface area contributed by atoms with E-state index in [0.29, 0.717) is 25.3 Å². The maximum atomic E-state index is 12.4. The molecule has 0 spiro atoms. The monoisotopic (exact) mass is 671 g/mol. The van der Waals surface area contributed by atoms with Crippen LogP contribution in [0.15, 0.2) is 45.5 Å². The van der Waals surface area contributed by atoms with Crippen LogP contribution in [0, 0.1) is 6.92 Å². The SMILES string of the molecule is CCN(CC)c1ccc(N=Nc2cc(Cl)c(S(=O)(=O)NCCS(=O)(=O)O)cc2Cl)c(C)c1.OCCN(CCO)CCO. The highest BCUT2D eigenvalue weighted by molar-refractivity contribution is 7.89. The second-order valence-electron chi connectivity index (χ2n) is 8.77. The summed E-state index contributed by atoms with van der Waals surface area (Å²) in [5.74, 6) is -0.781. The van der Waals surface area contributed by atoms with Crippen molar-refractivity contribution in [3.05, 3.63) is 45.9 Å². The number of aliphatic hydroxyl groups excluding tert-OH is 3. The molecule has 0 saturated carbocycles. The number of hydrogen-bond acceptors (Lipinski definition) is 11.